The number of anilines is 1. The van der Waals surface area contributed by atoms with Crippen molar-refractivity contribution >= 4 is 11.7 Å². The van der Waals surface area contributed by atoms with Crippen LogP contribution in [-0.2, 0) is 16.0 Å². The van der Waals surface area contributed by atoms with Gasteiger partial charge in [0.2, 0.25) is 5.76 Å². The summed E-state index contributed by atoms with van der Waals surface area (Å²) >= 11 is 0. The highest BCUT2D eigenvalue weighted by molar-refractivity contribution is 5.86. The molecule has 0 radical (unpaired) electrons. The summed E-state index contributed by atoms with van der Waals surface area (Å²) in [4.78, 5) is 12.6. The number of ether oxygens (including phenoxy) is 4. The van der Waals surface area contributed by atoms with Crippen LogP contribution in [0.4, 0.5) is 5.69 Å². The number of fused-ring (bicyclic) bond motifs is 1. The number of benzene rings is 2. The summed E-state index contributed by atoms with van der Waals surface area (Å²) in [5.74, 6) is 1.12. The van der Waals surface area contributed by atoms with E-state index in [0.29, 0.717) is 18.9 Å². The lowest BCUT2D eigenvalue weighted by molar-refractivity contribution is -0.138. The van der Waals surface area contributed by atoms with E-state index in [4.69, 9.17) is 23.4 Å². The molecule has 33 heavy (non-hydrogen) atoms. The van der Waals surface area contributed by atoms with Crippen molar-refractivity contribution in [1.29, 1.82) is 0 Å². The number of furan rings is 1. The molecular formula is C26H29NO6. The Balaban J connectivity index is 1.57. The second-order valence-corrected chi connectivity index (χ2v) is 8.34. The first-order chi connectivity index (χ1) is 15.9. The van der Waals surface area contributed by atoms with Crippen LogP contribution >= 0.6 is 0 Å². The predicted octanol–water partition coefficient (Wildman–Crippen LogP) is 5.37. The molecule has 0 fully saturated rings. The second kappa shape index (κ2) is 9.58. The van der Waals surface area contributed by atoms with E-state index in [-0.39, 0.29) is 5.76 Å². The molecule has 0 bridgehead atoms. The fourth-order valence-corrected chi connectivity index (χ4v) is 3.92. The van der Waals surface area contributed by atoms with Crippen LogP contribution in [0, 0.1) is 0 Å². The third-order valence-electron chi connectivity index (χ3n) is 5.61. The molecular weight excluding hydrogens is 422 g/mol. The third-order valence-corrected chi connectivity index (χ3v) is 5.61. The van der Waals surface area contributed by atoms with Gasteiger partial charge in [-0.25, -0.2) is 4.79 Å². The van der Waals surface area contributed by atoms with Gasteiger partial charge in [0.25, 0.3) is 0 Å². The molecule has 2 atom stereocenters. The first-order valence-corrected chi connectivity index (χ1v) is 11.0. The fourth-order valence-electron chi connectivity index (χ4n) is 3.92. The van der Waals surface area contributed by atoms with E-state index in [2.05, 4.69) is 5.32 Å². The summed E-state index contributed by atoms with van der Waals surface area (Å²) in [5.41, 5.74) is 2.06. The fraction of sp³-hybridized carbons (Fsp3) is 0.346. The molecule has 174 valence electrons. The number of hydrogen-bond acceptors (Lipinski definition) is 7. The first kappa shape index (κ1) is 22.7. The van der Waals surface area contributed by atoms with Crippen LogP contribution in [0.5, 0.6) is 11.5 Å². The lowest BCUT2D eigenvalue weighted by Crippen LogP contribution is -2.51. The van der Waals surface area contributed by atoms with Gasteiger partial charge in [-0.1, -0.05) is 12.1 Å². The van der Waals surface area contributed by atoms with Gasteiger partial charge in [-0.05, 0) is 68.8 Å². The summed E-state index contributed by atoms with van der Waals surface area (Å²) < 4.78 is 28.6. The summed E-state index contributed by atoms with van der Waals surface area (Å²) in [6.45, 7) is 6.79. The maximum Gasteiger partial charge on any atom is 0.374 e. The first-order valence-electron chi connectivity index (χ1n) is 11.0. The average Bonchev–Trinajstić information content (AvgIpc) is 3.35. The van der Waals surface area contributed by atoms with Crippen molar-refractivity contribution < 1.29 is 28.2 Å². The Kier molecular flexibility index (Phi) is 6.60. The number of rotatable bonds is 8. The van der Waals surface area contributed by atoms with E-state index in [1.54, 1.807) is 19.2 Å². The van der Waals surface area contributed by atoms with Crippen molar-refractivity contribution in [2.24, 2.45) is 0 Å². The van der Waals surface area contributed by atoms with E-state index >= 15 is 0 Å². The Hall–Kier alpha value is -3.45. The van der Waals surface area contributed by atoms with Gasteiger partial charge in [-0.15, -0.1) is 0 Å². The van der Waals surface area contributed by atoms with Gasteiger partial charge in [0, 0.05) is 24.4 Å². The van der Waals surface area contributed by atoms with Gasteiger partial charge in [0.1, 0.15) is 23.2 Å². The van der Waals surface area contributed by atoms with E-state index in [1.807, 2.05) is 63.2 Å². The van der Waals surface area contributed by atoms with Gasteiger partial charge >= 0.3 is 5.97 Å². The molecule has 1 N–H and O–H groups in total. The Morgan fingerprint density at radius 2 is 1.91 bits per heavy atom. The molecule has 2 heterocycles. The normalized spacial score (nSPS) is 18.7. The molecule has 2 aromatic carbocycles. The van der Waals surface area contributed by atoms with Gasteiger partial charge in [-0.3, -0.25) is 0 Å². The van der Waals surface area contributed by atoms with Crippen LogP contribution in [0.25, 0.3) is 0 Å². The maximum absolute atomic E-state index is 12.6. The molecule has 0 aliphatic carbocycles. The molecule has 0 amide bonds. The zero-order valence-corrected chi connectivity index (χ0v) is 19.3. The molecule has 7 nitrogen and oxygen atoms in total. The van der Waals surface area contributed by atoms with Gasteiger partial charge in [0.15, 0.2) is 6.10 Å². The molecule has 1 aliphatic rings. The van der Waals surface area contributed by atoms with E-state index in [9.17, 15) is 4.79 Å². The molecule has 1 aromatic heterocycles. The number of carbonyl (C=O) groups excluding carboxylic acids is 1. The minimum Gasteiger partial charge on any atom is -0.497 e. The Morgan fingerprint density at radius 3 is 2.58 bits per heavy atom. The highest BCUT2D eigenvalue weighted by Crippen LogP contribution is 2.44. The van der Waals surface area contributed by atoms with Crippen LogP contribution < -0.4 is 14.8 Å². The minimum absolute atomic E-state index is 0.141. The lowest BCUT2D eigenvalue weighted by atomic mass is 9.87. The van der Waals surface area contributed by atoms with Crippen LogP contribution in [0.3, 0.4) is 0 Å². The molecule has 4 rings (SSSR count). The van der Waals surface area contributed by atoms with Gasteiger partial charge in [-0.2, -0.15) is 0 Å². The van der Waals surface area contributed by atoms with E-state index in [0.717, 1.165) is 22.6 Å². The summed E-state index contributed by atoms with van der Waals surface area (Å²) in [6.07, 6.45) is 0.282. The molecule has 7 heteroatoms. The largest absolute Gasteiger partial charge is 0.497 e. The quantitative estimate of drug-likeness (QED) is 0.461. The van der Waals surface area contributed by atoms with Crippen LogP contribution in [0.15, 0.2) is 65.3 Å². The number of nitrogens with one attached hydrogen (secondary N) is 1. The molecule has 2 unspecified atom stereocenters. The topological polar surface area (TPSA) is 79.2 Å². The summed E-state index contributed by atoms with van der Waals surface area (Å²) in [5, 5.41) is 3.44. The zero-order valence-electron chi connectivity index (χ0n) is 19.3. The van der Waals surface area contributed by atoms with E-state index < -0.39 is 23.8 Å². The number of esters is 1. The Labute approximate surface area is 193 Å². The number of hydrogen-bond donors (Lipinski definition) is 1. The minimum atomic E-state index is -0.798. The van der Waals surface area contributed by atoms with Crippen molar-refractivity contribution in [3.05, 3.63) is 77.7 Å². The molecule has 3 aromatic rings. The predicted molar refractivity (Wildman–Crippen MR) is 124 cm³/mol. The zero-order chi connectivity index (χ0) is 23.4. The van der Waals surface area contributed by atoms with Crippen LogP contribution in [0.1, 0.15) is 48.6 Å². The highest BCUT2D eigenvalue weighted by atomic mass is 16.6. The smallest absolute Gasteiger partial charge is 0.374 e. The van der Waals surface area contributed by atoms with Gasteiger partial charge in [0.05, 0.1) is 13.4 Å². The van der Waals surface area contributed by atoms with E-state index in [1.165, 1.54) is 6.26 Å². The molecule has 1 aliphatic heterocycles. The average molecular weight is 452 g/mol. The van der Waals surface area contributed by atoms with Crippen LogP contribution in [0.2, 0.25) is 0 Å². The SMILES string of the molecule is CCOC1c2cc(NCc3ccc(OC)cc3)ccc2OC(C)(C)C1OC(=O)c1ccco1. The standard InChI is InChI=1S/C26H29NO6/c1-5-30-23-20-15-18(27-16-17-8-11-19(29-4)12-9-17)10-13-21(20)33-26(2,3)24(23)32-25(28)22-7-6-14-31-22/h6-15,23-24,27H,5,16H2,1-4H3. The van der Waals surface area contributed by atoms with Crippen molar-refractivity contribution in [2.45, 2.75) is 45.1 Å². The molecule has 0 spiro atoms. The Bertz CT molecular complexity index is 1070. The third kappa shape index (κ3) is 4.98. The summed E-state index contributed by atoms with van der Waals surface area (Å²) in [7, 11) is 1.65. The van der Waals surface area contributed by atoms with Crippen LogP contribution in [-0.4, -0.2) is 31.4 Å². The van der Waals surface area contributed by atoms with Crippen molar-refractivity contribution in [3.63, 3.8) is 0 Å². The summed E-state index contributed by atoms with van der Waals surface area (Å²) in [6, 6.07) is 17.0. The second-order valence-electron chi connectivity index (χ2n) is 8.34. The van der Waals surface area contributed by atoms with Crippen molar-refractivity contribution in [3.8, 4) is 11.5 Å². The molecule has 0 saturated carbocycles. The number of carbonyl (C=O) groups is 1. The van der Waals surface area contributed by atoms with Crippen molar-refractivity contribution in [1.82, 2.24) is 0 Å². The maximum atomic E-state index is 12.6. The number of methoxy groups -OCH3 is 1. The Morgan fingerprint density at radius 1 is 1.12 bits per heavy atom. The monoisotopic (exact) mass is 451 g/mol. The lowest BCUT2D eigenvalue weighted by Gasteiger charge is -2.43. The van der Waals surface area contributed by atoms with Crippen molar-refractivity contribution in [2.75, 3.05) is 19.0 Å². The van der Waals surface area contributed by atoms with Gasteiger partial charge < -0.3 is 28.7 Å². The molecule has 0 saturated heterocycles. The highest BCUT2D eigenvalue weighted by Gasteiger charge is 2.47.